The molecule has 1 unspecified atom stereocenters. The Balaban J connectivity index is 1.27. The van der Waals surface area contributed by atoms with E-state index in [-0.39, 0.29) is 18.6 Å². The van der Waals surface area contributed by atoms with E-state index in [0.29, 0.717) is 18.9 Å². The number of hydrogen-bond acceptors (Lipinski definition) is 6. The lowest BCUT2D eigenvalue weighted by Crippen LogP contribution is -2.34. The maximum Gasteiger partial charge on any atom is 0.258 e. The van der Waals surface area contributed by atoms with Crippen LogP contribution < -0.4 is 10.1 Å². The summed E-state index contributed by atoms with van der Waals surface area (Å²) < 4.78 is 12.9. The minimum atomic E-state index is -0.189. The van der Waals surface area contributed by atoms with Gasteiger partial charge >= 0.3 is 0 Å². The number of nitrogens with one attached hydrogen (secondary N) is 1. The Morgan fingerprint density at radius 1 is 1.22 bits per heavy atom. The number of ether oxygens (including phenoxy) is 2. The van der Waals surface area contributed by atoms with Gasteiger partial charge in [-0.05, 0) is 52.2 Å². The molecule has 0 fully saturated rings. The van der Waals surface area contributed by atoms with Crippen molar-refractivity contribution in [3.8, 4) is 11.4 Å². The molecule has 8 heteroatoms. The average Bonchev–Trinajstić information content (AvgIpc) is 3.26. The first kappa shape index (κ1) is 17.2. The van der Waals surface area contributed by atoms with Crippen LogP contribution in [0, 0.1) is 0 Å². The summed E-state index contributed by atoms with van der Waals surface area (Å²) in [6.07, 6.45) is 2.30. The molecule has 2 aromatic carbocycles. The van der Waals surface area contributed by atoms with Crippen LogP contribution in [-0.2, 0) is 16.0 Å². The van der Waals surface area contributed by atoms with E-state index < -0.39 is 0 Å². The Kier molecular flexibility index (Phi) is 5.06. The molecule has 1 aliphatic rings. The lowest BCUT2D eigenvalue weighted by atomic mass is 9.97. The fourth-order valence-corrected chi connectivity index (χ4v) is 3.03. The number of hydrogen-bond donors (Lipinski definition) is 1. The van der Waals surface area contributed by atoms with Crippen LogP contribution in [0.15, 0.2) is 54.9 Å². The summed E-state index contributed by atoms with van der Waals surface area (Å²) in [5.41, 5.74) is 3.23. The molecule has 1 aliphatic heterocycles. The van der Waals surface area contributed by atoms with Gasteiger partial charge in [-0.25, -0.2) is 4.68 Å². The van der Waals surface area contributed by atoms with Crippen LogP contribution in [0.4, 0.5) is 0 Å². The number of amides is 1. The topological polar surface area (TPSA) is 91.2 Å². The molecule has 0 aliphatic carbocycles. The normalized spacial score (nSPS) is 15.8. The number of rotatable bonds is 6. The lowest BCUT2D eigenvalue weighted by molar-refractivity contribution is -0.123. The molecule has 0 radical (unpaired) electrons. The molecule has 1 N–H and O–H groups in total. The van der Waals surface area contributed by atoms with Crippen molar-refractivity contribution in [2.24, 2.45) is 0 Å². The second-order valence-electron chi connectivity index (χ2n) is 6.15. The molecule has 27 heavy (non-hydrogen) atoms. The Hall–Kier alpha value is -3.26. The maximum atomic E-state index is 12.1. The highest BCUT2D eigenvalue weighted by atomic mass is 16.5. The molecule has 1 atom stereocenters. The first-order valence-electron chi connectivity index (χ1n) is 8.72. The second-order valence-corrected chi connectivity index (χ2v) is 6.15. The van der Waals surface area contributed by atoms with Crippen LogP contribution in [0.5, 0.6) is 5.75 Å². The highest BCUT2D eigenvalue weighted by Crippen LogP contribution is 2.26. The standard InChI is InChI=1S/C19H19N5O3/c25-19(20-11-18-17-4-2-1-3-14(17)9-10-26-18)12-27-16-7-5-15(6-8-16)24-13-21-22-23-24/h1-8,13,18H,9-12H2,(H,20,25). The van der Waals surface area contributed by atoms with Crippen molar-refractivity contribution in [2.45, 2.75) is 12.5 Å². The molecule has 0 saturated carbocycles. The largest absolute Gasteiger partial charge is 0.484 e. The summed E-state index contributed by atoms with van der Waals surface area (Å²) in [6.45, 7) is 1.04. The van der Waals surface area contributed by atoms with Crippen LogP contribution in [0.2, 0.25) is 0 Å². The number of carbonyl (C=O) groups excluding carboxylic acids is 1. The number of tetrazole rings is 1. The maximum absolute atomic E-state index is 12.1. The first-order chi connectivity index (χ1) is 13.3. The summed E-state index contributed by atoms with van der Waals surface area (Å²) in [4.78, 5) is 12.1. The van der Waals surface area contributed by atoms with Crippen LogP contribution in [0.25, 0.3) is 5.69 Å². The summed E-state index contributed by atoms with van der Waals surface area (Å²) in [5, 5.41) is 13.9. The highest BCUT2D eigenvalue weighted by molar-refractivity contribution is 5.77. The van der Waals surface area contributed by atoms with Gasteiger partial charge in [0.05, 0.1) is 12.3 Å². The minimum Gasteiger partial charge on any atom is -0.484 e. The zero-order valence-electron chi connectivity index (χ0n) is 14.6. The average molecular weight is 365 g/mol. The Morgan fingerprint density at radius 2 is 2.07 bits per heavy atom. The van der Waals surface area contributed by atoms with Crippen LogP contribution in [0.3, 0.4) is 0 Å². The number of nitrogens with zero attached hydrogens (tertiary/aromatic N) is 4. The molecular weight excluding hydrogens is 346 g/mol. The zero-order chi connectivity index (χ0) is 18.5. The van der Waals surface area contributed by atoms with Gasteiger partial charge in [-0.3, -0.25) is 4.79 Å². The van der Waals surface area contributed by atoms with Gasteiger partial charge in [-0.2, -0.15) is 0 Å². The van der Waals surface area contributed by atoms with Crippen LogP contribution in [-0.4, -0.2) is 45.9 Å². The van der Waals surface area contributed by atoms with Gasteiger partial charge in [-0.15, -0.1) is 5.10 Å². The van der Waals surface area contributed by atoms with E-state index in [1.165, 1.54) is 11.9 Å². The Bertz CT molecular complexity index is 896. The van der Waals surface area contributed by atoms with Crippen LogP contribution in [0.1, 0.15) is 17.2 Å². The summed E-state index contributed by atoms with van der Waals surface area (Å²) >= 11 is 0. The molecule has 0 saturated heterocycles. The third kappa shape index (κ3) is 4.12. The summed E-state index contributed by atoms with van der Waals surface area (Å²) in [5.74, 6) is 0.410. The Labute approximate surface area is 156 Å². The highest BCUT2D eigenvalue weighted by Gasteiger charge is 2.20. The lowest BCUT2D eigenvalue weighted by Gasteiger charge is -2.26. The molecule has 8 nitrogen and oxygen atoms in total. The van der Waals surface area contributed by atoms with E-state index in [4.69, 9.17) is 9.47 Å². The van der Waals surface area contributed by atoms with Crippen molar-refractivity contribution in [3.05, 3.63) is 66.0 Å². The van der Waals surface area contributed by atoms with E-state index in [0.717, 1.165) is 17.7 Å². The summed E-state index contributed by atoms with van der Waals surface area (Å²) in [7, 11) is 0. The summed E-state index contributed by atoms with van der Waals surface area (Å²) in [6, 6.07) is 15.3. The molecule has 1 amide bonds. The van der Waals surface area contributed by atoms with E-state index in [1.54, 1.807) is 16.8 Å². The molecule has 1 aromatic heterocycles. The van der Waals surface area contributed by atoms with Gasteiger partial charge in [0, 0.05) is 6.54 Å². The predicted molar refractivity (Wildman–Crippen MR) is 96.5 cm³/mol. The Morgan fingerprint density at radius 3 is 2.89 bits per heavy atom. The molecule has 0 spiro atoms. The fourth-order valence-electron chi connectivity index (χ4n) is 3.03. The third-order valence-corrected chi connectivity index (χ3v) is 4.40. The van der Waals surface area contributed by atoms with E-state index >= 15 is 0 Å². The smallest absolute Gasteiger partial charge is 0.258 e. The van der Waals surface area contributed by atoms with Crippen molar-refractivity contribution in [1.29, 1.82) is 0 Å². The quantitative estimate of drug-likeness (QED) is 0.711. The number of carbonyl (C=O) groups is 1. The minimum absolute atomic E-state index is 0.0569. The monoisotopic (exact) mass is 365 g/mol. The molecule has 2 heterocycles. The van der Waals surface area contributed by atoms with Crippen molar-refractivity contribution in [1.82, 2.24) is 25.5 Å². The zero-order valence-corrected chi connectivity index (χ0v) is 14.6. The van der Waals surface area contributed by atoms with Gasteiger partial charge in [0.25, 0.3) is 5.91 Å². The number of aromatic nitrogens is 4. The van der Waals surface area contributed by atoms with Crippen molar-refractivity contribution >= 4 is 5.91 Å². The van der Waals surface area contributed by atoms with Gasteiger partial charge in [0.15, 0.2) is 6.61 Å². The second kappa shape index (κ2) is 7.96. The van der Waals surface area contributed by atoms with Crippen molar-refractivity contribution < 1.29 is 14.3 Å². The van der Waals surface area contributed by atoms with E-state index in [2.05, 4.69) is 26.9 Å². The van der Waals surface area contributed by atoms with Crippen LogP contribution >= 0.6 is 0 Å². The number of fused-ring (bicyclic) bond motifs is 1. The predicted octanol–water partition coefficient (Wildman–Crippen LogP) is 1.47. The van der Waals surface area contributed by atoms with Crippen molar-refractivity contribution in [3.63, 3.8) is 0 Å². The van der Waals surface area contributed by atoms with Gasteiger partial charge in [0.2, 0.25) is 0 Å². The van der Waals surface area contributed by atoms with Gasteiger partial charge in [0.1, 0.15) is 18.2 Å². The molecular formula is C19H19N5O3. The molecule has 0 bridgehead atoms. The molecule has 3 aromatic rings. The molecule has 138 valence electrons. The first-order valence-corrected chi connectivity index (χ1v) is 8.72. The third-order valence-electron chi connectivity index (χ3n) is 4.40. The van der Waals surface area contributed by atoms with E-state index in [1.807, 2.05) is 30.3 Å². The van der Waals surface area contributed by atoms with Gasteiger partial charge < -0.3 is 14.8 Å². The fraction of sp³-hybridized carbons (Fsp3) is 0.263. The number of benzene rings is 2. The SMILES string of the molecule is O=C(COc1ccc(-n2cnnn2)cc1)NCC1OCCc2ccccc21. The molecule has 4 rings (SSSR count). The van der Waals surface area contributed by atoms with Crippen molar-refractivity contribution in [2.75, 3.05) is 19.8 Å². The van der Waals surface area contributed by atoms with Gasteiger partial charge in [-0.1, -0.05) is 24.3 Å². The van der Waals surface area contributed by atoms with E-state index in [9.17, 15) is 4.79 Å².